The predicted octanol–water partition coefficient (Wildman–Crippen LogP) is 2.77. The molecule has 0 aromatic carbocycles. The highest BCUT2D eigenvalue weighted by Gasteiger charge is 2.40. The molecular formula is C17H29N5O. The Kier molecular flexibility index (Phi) is 4.62. The zero-order chi connectivity index (χ0) is 16.4. The lowest BCUT2D eigenvalue weighted by atomic mass is 9.78. The van der Waals surface area contributed by atoms with E-state index in [1.165, 1.54) is 12.8 Å². The van der Waals surface area contributed by atoms with Crippen LogP contribution in [0.5, 0.6) is 0 Å². The van der Waals surface area contributed by atoms with Crippen molar-refractivity contribution in [2.24, 2.45) is 5.41 Å². The quantitative estimate of drug-likeness (QED) is 0.900. The number of hydrogen-bond donors (Lipinski definition) is 2. The minimum atomic E-state index is -0.00536. The van der Waals surface area contributed by atoms with Gasteiger partial charge in [0.15, 0.2) is 5.82 Å². The summed E-state index contributed by atoms with van der Waals surface area (Å²) in [6.07, 6.45) is 4.51. The van der Waals surface area contributed by atoms with E-state index >= 15 is 0 Å². The number of rotatable bonds is 3. The minimum Gasteiger partial charge on any atom is -0.324 e. The lowest BCUT2D eigenvalue weighted by Gasteiger charge is -2.33. The maximum absolute atomic E-state index is 12.6. The van der Waals surface area contributed by atoms with Gasteiger partial charge in [-0.2, -0.15) is 5.10 Å². The zero-order valence-electron chi connectivity index (χ0n) is 14.6. The Balaban J connectivity index is 1.61. The van der Waals surface area contributed by atoms with Gasteiger partial charge in [-0.25, -0.2) is 4.79 Å². The van der Waals surface area contributed by atoms with Crippen LogP contribution >= 0.6 is 0 Å². The summed E-state index contributed by atoms with van der Waals surface area (Å²) in [7, 11) is 0. The highest BCUT2D eigenvalue weighted by molar-refractivity contribution is 5.88. The number of carbonyl (C=O) groups excluding carboxylic acids is 1. The van der Waals surface area contributed by atoms with Crippen LogP contribution in [-0.4, -0.2) is 46.9 Å². The summed E-state index contributed by atoms with van der Waals surface area (Å²) in [6.45, 7) is 10.2. The van der Waals surface area contributed by atoms with Crippen molar-refractivity contribution in [2.75, 3.05) is 31.5 Å². The summed E-state index contributed by atoms with van der Waals surface area (Å²) in [5.74, 6) is 0.666. The van der Waals surface area contributed by atoms with Gasteiger partial charge in [0.2, 0.25) is 0 Å². The van der Waals surface area contributed by atoms with Crippen molar-refractivity contribution in [3.63, 3.8) is 0 Å². The number of hydrogen-bond acceptors (Lipinski definition) is 3. The van der Waals surface area contributed by atoms with Gasteiger partial charge in [0.25, 0.3) is 0 Å². The SMILES string of the molecule is CC[C@H](C)n1nc(NC(=O)N2CCC3(CCNCC3)C2)cc1C. The fourth-order valence-corrected chi connectivity index (χ4v) is 3.83. The second-order valence-electron chi connectivity index (χ2n) is 7.22. The van der Waals surface area contributed by atoms with Crippen LogP contribution in [0.4, 0.5) is 10.6 Å². The zero-order valence-corrected chi connectivity index (χ0v) is 14.6. The standard InChI is InChI=1S/C17H29N5O/c1-4-13(2)22-14(3)11-15(20-22)19-16(23)21-10-7-17(12-21)5-8-18-9-6-17/h11,13,18H,4-10,12H2,1-3H3,(H,19,20,23)/t13-/m0/s1. The Morgan fingerprint density at radius 3 is 2.87 bits per heavy atom. The number of aromatic nitrogens is 2. The van der Waals surface area contributed by atoms with Crippen LogP contribution in [-0.2, 0) is 0 Å². The van der Waals surface area contributed by atoms with Crippen LogP contribution in [0.2, 0.25) is 0 Å². The van der Waals surface area contributed by atoms with E-state index in [2.05, 4.69) is 29.6 Å². The molecule has 0 bridgehead atoms. The molecule has 0 unspecified atom stereocenters. The number of urea groups is 1. The van der Waals surface area contributed by atoms with E-state index in [1.807, 2.05) is 22.6 Å². The molecule has 128 valence electrons. The fourth-order valence-electron chi connectivity index (χ4n) is 3.83. The van der Waals surface area contributed by atoms with Gasteiger partial charge in [0.1, 0.15) is 0 Å². The number of nitrogens with one attached hydrogen (secondary N) is 2. The molecule has 2 aliphatic heterocycles. The first kappa shape index (κ1) is 16.3. The Morgan fingerprint density at radius 1 is 1.43 bits per heavy atom. The Bertz CT molecular complexity index is 561. The summed E-state index contributed by atoms with van der Waals surface area (Å²) >= 11 is 0. The van der Waals surface area contributed by atoms with Crippen LogP contribution in [0, 0.1) is 12.3 Å². The van der Waals surface area contributed by atoms with E-state index in [1.54, 1.807) is 0 Å². The van der Waals surface area contributed by atoms with Crippen LogP contribution in [0.1, 0.15) is 51.3 Å². The molecular weight excluding hydrogens is 290 g/mol. The molecule has 0 saturated carbocycles. The van der Waals surface area contributed by atoms with E-state index in [9.17, 15) is 4.79 Å². The molecule has 1 spiro atoms. The first-order chi connectivity index (χ1) is 11.0. The average molecular weight is 319 g/mol. The molecule has 1 atom stereocenters. The summed E-state index contributed by atoms with van der Waals surface area (Å²) in [5, 5.41) is 10.9. The van der Waals surface area contributed by atoms with Crippen molar-refractivity contribution < 1.29 is 4.79 Å². The first-order valence-electron chi connectivity index (χ1n) is 8.86. The smallest absolute Gasteiger partial charge is 0.323 e. The number of carbonyl (C=O) groups is 1. The lowest BCUT2D eigenvalue weighted by molar-refractivity contribution is 0.191. The Morgan fingerprint density at radius 2 is 2.17 bits per heavy atom. The highest BCUT2D eigenvalue weighted by atomic mass is 16.2. The van der Waals surface area contributed by atoms with Crippen LogP contribution < -0.4 is 10.6 Å². The van der Waals surface area contributed by atoms with E-state index in [0.29, 0.717) is 17.3 Å². The molecule has 1 aromatic rings. The molecule has 2 N–H and O–H groups in total. The van der Waals surface area contributed by atoms with Gasteiger partial charge in [-0.15, -0.1) is 0 Å². The molecule has 2 amide bonds. The van der Waals surface area contributed by atoms with Crippen molar-refractivity contribution in [1.82, 2.24) is 20.0 Å². The third-order valence-corrected chi connectivity index (χ3v) is 5.56. The summed E-state index contributed by atoms with van der Waals surface area (Å²) < 4.78 is 1.99. The number of likely N-dealkylation sites (tertiary alicyclic amines) is 1. The normalized spacial score (nSPS) is 21.6. The first-order valence-corrected chi connectivity index (χ1v) is 8.86. The molecule has 0 radical (unpaired) electrons. The van der Waals surface area contributed by atoms with E-state index in [4.69, 9.17) is 0 Å². The average Bonchev–Trinajstić information content (AvgIpc) is 3.11. The molecule has 2 aliphatic rings. The van der Waals surface area contributed by atoms with E-state index in [0.717, 1.165) is 44.7 Å². The molecule has 6 nitrogen and oxygen atoms in total. The van der Waals surface area contributed by atoms with E-state index < -0.39 is 0 Å². The molecule has 0 aliphatic carbocycles. The number of nitrogens with zero attached hydrogens (tertiary/aromatic N) is 3. The molecule has 2 fully saturated rings. The lowest BCUT2D eigenvalue weighted by Crippen LogP contribution is -2.40. The van der Waals surface area contributed by atoms with Crippen LogP contribution in [0.3, 0.4) is 0 Å². The number of aryl methyl sites for hydroxylation is 1. The summed E-state index contributed by atoms with van der Waals surface area (Å²) in [6, 6.07) is 2.31. The van der Waals surface area contributed by atoms with E-state index in [-0.39, 0.29) is 6.03 Å². The fraction of sp³-hybridized carbons (Fsp3) is 0.765. The predicted molar refractivity (Wildman–Crippen MR) is 91.7 cm³/mol. The van der Waals surface area contributed by atoms with Gasteiger partial charge in [-0.3, -0.25) is 10.00 Å². The van der Waals surface area contributed by atoms with Gasteiger partial charge >= 0.3 is 6.03 Å². The summed E-state index contributed by atoms with van der Waals surface area (Å²) in [4.78, 5) is 14.5. The van der Waals surface area contributed by atoms with Crippen LogP contribution in [0.25, 0.3) is 0 Å². The number of anilines is 1. The van der Waals surface area contributed by atoms with Crippen molar-refractivity contribution >= 4 is 11.8 Å². The Labute approximate surface area is 138 Å². The van der Waals surface area contributed by atoms with Gasteiger partial charge in [-0.05, 0) is 58.0 Å². The maximum Gasteiger partial charge on any atom is 0.323 e. The van der Waals surface area contributed by atoms with Gasteiger partial charge < -0.3 is 10.2 Å². The summed E-state index contributed by atoms with van der Waals surface area (Å²) in [5.41, 5.74) is 1.43. The van der Waals surface area contributed by atoms with Crippen molar-refractivity contribution in [2.45, 2.75) is 52.5 Å². The monoisotopic (exact) mass is 319 g/mol. The third kappa shape index (κ3) is 3.37. The molecule has 6 heteroatoms. The Hall–Kier alpha value is -1.56. The topological polar surface area (TPSA) is 62.2 Å². The minimum absolute atomic E-state index is 0.00536. The molecule has 3 heterocycles. The molecule has 23 heavy (non-hydrogen) atoms. The van der Waals surface area contributed by atoms with Gasteiger partial charge in [0.05, 0.1) is 0 Å². The second kappa shape index (κ2) is 6.51. The molecule has 3 rings (SSSR count). The largest absolute Gasteiger partial charge is 0.324 e. The van der Waals surface area contributed by atoms with Gasteiger partial charge in [-0.1, -0.05) is 6.92 Å². The van der Waals surface area contributed by atoms with Crippen molar-refractivity contribution in [3.8, 4) is 0 Å². The third-order valence-electron chi connectivity index (χ3n) is 5.56. The maximum atomic E-state index is 12.6. The molecule has 2 saturated heterocycles. The molecule has 1 aromatic heterocycles. The highest BCUT2D eigenvalue weighted by Crippen LogP contribution is 2.38. The van der Waals surface area contributed by atoms with Crippen molar-refractivity contribution in [1.29, 1.82) is 0 Å². The van der Waals surface area contributed by atoms with Crippen LogP contribution in [0.15, 0.2) is 6.07 Å². The second-order valence-corrected chi connectivity index (χ2v) is 7.22. The van der Waals surface area contributed by atoms with Crippen molar-refractivity contribution in [3.05, 3.63) is 11.8 Å². The van der Waals surface area contributed by atoms with Gasteiger partial charge in [0, 0.05) is 30.9 Å². The number of piperidine rings is 1. The number of amides is 2.